The molecule has 0 radical (unpaired) electrons. The number of hydrogen-bond donors (Lipinski definition) is 2. The molecule has 0 saturated carbocycles. The largest absolute Gasteiger partial charge is 0.481 e. The van der Waals surface area contributed by atoms with Crippen molar-refractivity contribution in [1.29, 1.82) is 0 Å². The molecule has 4 aliphatic heterocycles. The van der Waals surface area contributed by atoms with E-state index in [1.54, 1.807) is 18.4 Å². The predicted octanol–water partition coefficient (Wildman–Crippen LogP) is 2.41. The van der Waals surface area contributed by atoms with Gasteiger partial charge >= 0.3 is 0 Å². The summed E-state index contributed by atoms with van der Waals surface area (Å²) in [6.07, 6.45) is 6.04. The first-order chi connectivity index (χ1) is 11.7. The number of ether oxygens (including phenoxy) is 1. The molecule has 2 N–H and O–H groups in total. The van der Waals surface area contributed by atoms with Crippen LogP contribution in [0.4, 0.5) is 5.13 Å². The molecule has 0 aliphatic carbocycles. The van der Waals surface area contributed by atoms with E-state index in [2.05, 4.69) is 31.6 Å². The van der Waals surface area contributed by atoms with Gasteiger partial charge < -0.3 is 20.3 Å². The Balaban J connectivity index is 1.34. The van der Waals surface area contributed by atoms with Crippen LogP contribution in [0.25, 0.3) is 10.3 Å². The van der Waals surface area contributed by atoms with E-state index in [-0.39, 0.29) is 5.54 Å². The van der Waals surface area contributed by atoms with Crippen LogP contribution in [0.5, 0.6) is 5.88 Å². The second-order valence-corrected chi connectivity index (χ2v) is 7.95. The van der Waals surface area contributed by atoms with Gasteiger partial charge in [0.15, 0.2) is 5.13 Å². The maximum Gasteiger partial charge on any atom is 0.214 e. The fourth-order valence-corrected chi connectivity index (χ4v) is 5.21. The van der Waals surface area contributed by atoms with Crippen molar-refractivity contribution in [2.45, 2.75) is 24.8 Å². The van der Waals surface area contributed by atoms with Gasteiger partial charge in [0, 0.05) is 12.6 Å². The third-order valence-corrected chi connectivity index (χ3v) is 6.49. The normalized spacial score (nSPS) is 31.3. The highest BCUT2D eigenvalue weighted by atomic mass is 32.1. The van der Waals surface area contributed by atoms with Gasteiger partial charge in [-0.3, -0.25) is 0 Å². The van der Waals surface area contributed by atoms with Crippen LogP contribution in [-0.4, -0.2) is 47.2 Å². The Hall–Kier alpha value is -1.86. The van der Waals surface area contributed by atoms with Crippen LogP contribution >= 0.6 is 11.3 Å². The number of anilines is 1. The van der Waals surface area contributed by atoms with E-state index in [0.717, 1.165) is 40.2 Å². The van der Waals surface area contributed by atoms with Crippen LogP contribution in [-0.2, 0) is 0 Å². The van der Waals surface area contributed by atoms with Gasteiger partial charge in [0.05, 0.1) is 12.6 Å². The number of methoxy groups -OCH3 is 1. The summed E-state index contributed by atoms with van der Waals surface area (Å²) in [7, 11) is 1.63. The molecule has 6 nitrogen and oxygen atoms in total. The highest BCUT2D eigenvalue weighted by Gasteiger charge is 2.48. The molecule has 1 spiro atoms. The molecule has 2 aromatic rings. The molecule has 24 heavy (non-hydrogen) atoms. The van der Waals surface area contributed by atoms with E-state index in [9.17, 15) is 0 Å². The Bertz CT molecular complexity index is 810. The van der Waals surface area contributed by atoms with Crippen LogP contribution in [0.2, 0.25) is 0 Å². The lowest BCUT2D eigenvalue weighted by Crippen LogP contribution is -2.64. The summed E-state index contributed by atoms with van der Waals surface area (Å²) in [4.78, 5) is 12.6. The number of piperidine rings is 3. The van der Waals surface area contributed by atoms with E-state index in [0.29, 0.717) is 5.88 Å². The van der Waals surface area contributed by atoms with Crippen molar-refractivity contribution in [2.24, 2.45) is 5.92 Å². The molecular weight excluding hydrogens is 322 g/mol. The van der Waals surface area contributed by atoms with Crippen molar-refractivity contribution in [3.8, 4) is 5.88 Å². The number of aromatic nitrogens is 2. The first-order valence-corrected chi connectivity index (χ1v) is 9.35. The highest BCUT2D eigenvalue weighted by molar-refractivity contribution is 7.21. The van der Waals surface area contributed by atoms with E-state index in [4.69, 9.17) is 4.74 Å². The van der Waals surface area contributed by atoms with E-state index in [1.807, 2.05) is 12.1 Å². The topological polar surface area (TPSA) is 62.3 Å². The molecule has 0 aromatic carbocycles. The lowest BCUT2D eigenvalue weighted by atomic mass is 9.72. The second-order valence-electron chi connectivity index (χ2n) is 6.98. The van der Waals surface area contributed by atoms with Crippen molar-refractivity contribution in [3.63, 3.8) is 0 Å². The summed E-state index contributed by atoms with van der Waals surface area (Å²) in [5.74, 6) is 2.51. The zero-order chi connectivity index (χ0) is 16.1. The molecule has 6 heterocycles. The molecule has 126 valence electrons. The molecule has 0 unspecified atom stereocenters. The summed E-state index contributed by atoms with van der Waals surface area (Å²) < 4.78 is 5.19. The van der Waals surface area contributed by atoms with Crippen molar-refractivity contribution < 1.29 is 4.74 Å². The summed E-state index contributed by atoms with van der Waals surface area (Å²) in [5.41, 5.74) is 1.14. The van der Waals surface area contributed by atoms with Crippen molar-refractivity contribution in [1.82, 2.24) is 20.2 Å². The number of hydrogen-bond acceptors (Lipinski definition) is 7. The molecule has 4 aliphatic rings. The van der Waals surface area contributed by atoms with Gasteiger partial charge in [-0.1, -0.05) is 11.3 Å². The summed E-state index contributed by atoms with van der Waals surface area (Å²) >= 11 is 1.56. The molecule has 2 bridgehead atoms. The lowest BCUT2D eigenvalue weighted by molar-refractivity contribution is 0.0189. The van der Waals surface area contributed by atoms with Gasteiger partial charge in [-0.15, -0.1) is 0 Å². The predicted molar refractivity (Wildman–Crippen MR) is 95.3 cm³/mol. The van der Waals surface area contributed by atoms with Gasteiger partial charge in [-0.2, -0.15) is 0 Å². The zero-order valence-electron chi connectivity index (χ0n) is 13.7. The standard InChI is InChI=1S/C17H21N5OS/c1-23-14-3-2-12-15(20-14)24-16(18-12)19-13-4-7-17(21-13)10-22-8-5-11(17)6-9-22/h2-4,11,21H,5-10H2,1H3,(H,18,19)/t17-/m0/s1. The molecular formula is C17H21N5OS. The minimum Gasteiger partial charge on any atom is -0.481 e. The molecule has 0 amide bonds. The summed E-state index contributed by atoms with van der Waals surface area (Å²) in [5, 5.41) is 8.12. The second kappa shape index (κ2) is 5.32. The van der Waals surface area contributed by atoms with Crippen LogP contribution in [0.15, 0.2) is 24.0 Å². The molecule has 6 rings (SSSR count). The zero-order valence-corrected chi connectivity index (χ0v) is 14.5. The van der Waals surface area contributed by atoms with Gasteiger partial charge in [0.2, 0.25) is 5.88 Å². The summed E-state index contributed by atoms with van der Waals surface area (Å²) in [6.45, 7) is 3.70. The molecule has 2 aromatic heterocycles. The van der Waals surface area contributed by atoms with Crippen LogP contribution in [0, 0.1) is 5.92 Å². The minimum absolute atomic E-state index is 0.233. The van der Waals surface area contributed by atoms with E-state index in [1.165, 1.54) is 25.9 Å². The molecule has 7 heteroatoms. The number of nitrogens with one attached hydrogen (secondary N) is 2. The molecule has 3 fully saturated rings. The fourth-order valence-electron chi connectivity index (χ4n) is 4.36. The third-order valence-electron chi connectivity index (χ3n) is 5.61. The average molecular weight is 343 g/mol. The maximum absolute atomic E-state index is 5.19. The number of nitrogens with zero attached hydrogens (tertiary/aromatic N) is 3. The Morgan fingerprint density at radius 2 is 2.21 bits per heavy atom. The number of thiazole rings is 1. The Morgan fingerprint density at radius 3 is 2.96 bits per heavy atom. The molecule has 3 saturated heterocycles. The van der Waals surface area contributed by atoms with Crippen LogP contribution in [0.1, 0.15) is 19.3 Å². The smallest absolute Gasteiger partial charge is 0.214 e. The van der Waals surface area contributed by atoms with Crippen LogP contribution in [0.3, 0.4) is 0 Å². The minimum atomic E-state index is 0.233. The number of pyridine rings is 1. The first-order valence-electron chi connectivity index (χ1n) is 8.53. The van der Waals surface area contributed by atoms with Gasteiger partial charge in [0.25, 0.3) is 0 Å². The van der Waals surface area contributed by atoms with Crippen molar-refractivity contribution >= 4 is 26.8 Å². The Kier molecular flexibility index (Phi) is 3.21. The Morgan fingerprint density at radius 1 is 1.33 bits per heavy atom. The number of fused-ring (bicyclic) bond motifs is 3. The Labute approximate surface area is 144 Å². The van der Waals surface area contributed by atoms with E-state index < -0.39 is 0 Å². The summed E-state index contributed by atoms with van der Waals surface area (Å²) in [6, 6.07) is 3.80. The fraction of sp³-hybridized carbons (Fsp3) is 0.529. The quantitative estimate of drug-likeness (QED) is 0.892. The van der Waals surface area contributed by atoms with Gasteiger partial charge in [0.1, 0.15) is 16.2 Å². The van der Waals surface area contributed by atoms with Crippen molar-refractivity contribution in [3.05, 3.63) is 24.0 Å². The third kappa shape index (κ3) is 2.26. The maximum atomic E-state index is 5.19. The van der Waals surface area contributed by atoms with Gasteiger partial charge in [-0.05, 0) is 50.4 Å². The number of rotatable bonds is 3. The highest BCUT2D eigenvalue weighted by Crippen LogP contribution is 2.41. The SMILES string of the molecule is COc1ccc2nc(NC3=CC[C@@]4(CN5CCC4CC5)N3)sc2n1. The monoisotopic (exact) mass is 343 g/mol. The molecule has 1 atom stereocenters. The van der Waals surface area contributed by atoms with Crippen LogP contribution < -0.4 is 15.4 Å². The average Bonchev–Trinajstić information content (AvgIpc) is 3.19. The first kappa shape index (κ1) is 14.5. The lowest BCUT2D eigenvalue weighted by Gasteiger charge is -2.52. The van der Waals surface area contributed by atoms with E-state index >= 15 is 0 Å². The van der Waals surface area contributed by atoms with Gasteiger partial charge in [-0.25, -0.2) is 9.97 Å². The van der Waals surface area contributed by atoms with Crippen molar-refractivity contribution in [2.75, 3.05) is 32.1 Å².